The van der Waals surface area contributed by atoms with Crippen molar-refractivity contribution in [1.29, 1.82) is 0 Å². The molecular weight excluding hydrogens is 372 g/mol. The average Bonchev–Trinajstić information content (AvgIpc) is 2.55. The second kappa shape index (κ2) is 7.18. The summed E-state index contributed by atoms with van der Waals surface area (Å²) in [6, 6.07) is 8.54. The molecule has 0 spiro atoms. The minimum absolute atomic E-state index is 0.0182. The molecule has 0 radical (unpaired) electrons. The molecule has 0 unspecified atom stereocenters. The summed E-state index contributed by atoms with van der Waals surface area (Å²) in [6.45, 7) is 0. The Kier molecular flexibility index (Phi) is 5.41. The molecule has 2 rings (SSSR count). The zero-order valence-corrected chi connectivity index (χ0v) is 14.7. The second-order valence-electron chi connectivity index (χ2n) is 5.07. The molecule has 0 aliphatic rings. The molecule has 8 nitrogen and oxygen atoms in total. The van der Waals surface area contributed by atoms with Crippen LogP contribution in [0.1, 0.15) is 10.4 Å². The molecular formula is C15H13ClN2O6S. The van der Waals surface area contributed by atoms with E-state index in [0.717, 1.165) is 10.4 Å². The van der Waals surface area contributed by atoms with Crippen LogP contribution in [0.15, 0.2) is 47.4 Å². The van der Waals surface area contributed by atoms with Crippen LogP contribution < -0.4 is 4.74 Å². The standard InChI is InChI=1S/C15H13ClN2O6S/c1-17(2)25(22,23)12-7-8-14(16)13(9-12)15(19)24-11-5-3-10(4-6-11)18(20)21/h3-9H,1-2H3. The van der Waals surface area contributed by atoms with Crippen molar-refractivity contribution in [3.63, 3.8) is 0 Å². The predicted octanol–water partition coefficient (Wildman–Crippen LogP) is 2.72. The number of hydrogen-bond donors (Lipinski definition) is 0. The first-order chi connectivity index (χ1) is 11.6. The van der Waals surface area contributed by atoms with E-state index in [1.165, 1.54) is 50.5 Å². The van der Waals surface area contributed by atoms with Gasteiger partial charge in [-0.15, -0.1) is 0 Å². The lowest BCUT2D eigenvalue weighted by Crippen LogP contribution is -2.22. The highest BCUT2D eigenvalue weighted by Gasteiger charge is 2.22. The average molecular weight is 385 g/mol. The lowest BCUT2D eigenvalue weighted by atomic mass is 10.2. The summed E-state index contributed by atoms with van der Waals surface area (Å²) in [6.07, 6.45) is 0. The molecule has 0 N–H and O–H groups in total. The van der Waals surface area contributed by atoms with Crippen molar-refractivity contribution in [3.8, 4) is 5.75 Å². The number of non-ortho nitro benzene ring substituents is 1. The van der Waals surface area contributed by atoms with Crippen molar-refractivity contribution in [1.82, 2.24) is 4.31 Å². The summed E-state index contributed by atoms with van der Waals surface area (Å²) in [5.74, 6) is -0.817. The van der Waals surface area contributed by atoms with Crippen LogP contribution in [-0.4, -0.2) is 37.7 Å². The maximum absolute atomic E-state index is 12.3. The number of carbonyl (C=O) groups is 1. The summed E-state index contributed by atoms with van der Waals surface area (Å²) in [7, 11) is -1.03. The van der Waals surface area contributed by atoms with Crippen molar-refractivity contribution >= 4 is 33.3 Å². The lowest BCUT2D eigenvalue weighted by molar-refractivity contribution is -0.384. The smallest absolute Gasteiger partial charge is 0.345 e. The van der Waals surface area contributed by atoms with E-state index < -0.39 is 20.9 Å². The number of carbonyl (C=O) groups excluding carboxylic acids is 1. The van der Waals surface area contributed by atoms with Gasteiger partial charge in [0, 0.05) is 26.2 Å². The van der Waals surface area contributed by atoms with Gasteiger partial charge in [-0.1, -0.05) is 11.6 Å². The van der Waals surface area contributed by atoms with Crippen molar-refractivity contribution in [2.45, 2.75) is 4.90 Å². The summed E-state index contributed by atoms with van der Waals surface area (Å²) >= 11 is 5.96. The Morgan fingerprint density at radius 2 is 1.76 bits per heavy atom. The molecule has 0 aliphatic carbocycles. The summed E-state index contributed by atoms with van der Waals surface area (Å²) < 4.78 is 30.4. The highest BCUT2D eigenvalue weighted by atomic mass is 35.5. The summed E-state index contributed by atoms with van der Waals surface area (Å²) in [5, 5.41) is 10.6. The van der Waals surface area contributed by atoms with Gasteiger partial charge in [0.15, 0.2) is 0 Å². The van der Waals surface area contributed by atoms with Crippen LogP contribution in [0.25, 0.3) is 0 Å². The Labute approximate surface area is 148 Å². The SMILES string of the molecule is CN(C)S(=O)(=O)c1ccc(Cl)c(C(=O)Oc2ccc([N+](=O)[O-])cc2)c1. The minimum Gasteiger partial charge on any atom is -0.423 e. The number of nitro benzene ring substituents is 1. The molecule has 2 aromatic rings. The third-order valence-corrected chi connectivity index (χ3v) is 5.34. The van der Waals surface area contributed by atoms with Crippen LogP contribution in [0, 0.1) is 10.1 Å². The molecule has 0 aliphatic heterocycles. The molecule has 25 heavy (non-hydrogen) atoms. The van der Waals surface area contributed by atoms with Gasteiger partial charge in [0.1, 0.15) is 5.75 Å². The maximum atomic E-state index is 12.3. The van der Waals surface area contributed by atoms with E-state index in [-0.39, 0.29) is 26.9 Å². The van der Waals surface area contributed by atoms with E-state index in [1.54, 1.807) is 0 Å². The van der Waals surface area contributed by atoms with Gasteiger partial charge in [-0.3, -0.25) is 10.1 Å². The maximum Gasteiger partial charge on any atom is 0.345 e. The van der Waals surface area contributed by atoms with Gasteiger partial charge in [0.05, 0.1) is 20.4 Å². The molecule has 0 aromatic heterocycles. The topological polar surface area (TPSA) is 107 Å². The zero-order chi connectivity index (χ0) is 18.8. The number of sulfonamides is 1. The number of hydrogen-bond acceptors (Lipinski definition) is 6. The Morgan fingerprint density at radius 3 is 2.28 bits per heavy atom. The quantitative estimate of drug-likeness (QED) is 0.339. The van der Waals surface area contributed by atoms with E-state index in [4.69, 9.17) is 16.3 Å². The predicted molar refractivity (Wildman–Crippen MR) is 90.4 cm³/mol. The van der Waals surface area contributed by atoms with Crippen LogP contribution in [0.3, 0.4) is 0 Å². The van der Waals surface area contributed by atoms with Crippen molar-refractivity contribution in [2.24, 2.45) is 0 Å². The Balaban J connectivity index is 2.31. The minimum atomic E-state index is -3.75. The number of halogens is 1. The number of rotatable bonds is 5. The fraction of sp³-hybridized carbons (Fsp3) is 0.133. The molecule has 0 fully saturated rings. The number of nitro groups is 1. The van der Waals surface area contributed by atoms with Gasteiger partial charge in [-0.25, -0.2) is 17.5 Å². The molecule has 0 atom stereocenters. The monoisotopic (exact) mass is 384 g/mol. The van der Waals surface area contributed by atoms with Gasteiger partial charge >= 0.3 is 5.97 Å². The molecule has 10 heteroatoms. The number of nitrogens with zero attached hydrogens (tertiary/aromatic N) is 2. The van der Waals surface area contributed by atoms with Crippen LogP contribution in [0.4, 0.5) is 5.69 Å². The first-order valence-corrected chi connectivity index (χ1v) is 8.63. The van der Waals surface area contributed by atoms with Crippen molar-refractivity contribution in [3.05, 3.63) is 63.2 Å². The fourth-order valence-electron chi connectivity index (χ4n) is 1.83. The first kappa shape index (κ1) is 18.8. The van der Waals surface area contributed by atoms with Crippen LogP contribution in [0.5, 0.6) is 5.75 Å². The van der Waals surface area contributed by atoms with Crippen LogP contribution in [-0.2, 0) is 10.0 Å². The lowest BCUT2D eigenvalue weighted by Gasteiger charge is -2.13. The molecule has 0 saturated carbocycles. The number of benzene rings is 2. The van der Waals surface area contributed by atoms with E-state index >= 15 is 0 Å². The van der Waals surface area contributed by atoms with E-state index in [2.05, 4.69) is 0 Å². The van der Waals surface area contributed by atoms with Gasteiger partial charge in [-0.2, -0.15) is 0 Å². The highest BCUT2D eigenvalue weighted by molar-refractivity contribution is 7.89. The number of esters is 1. The molecule has 132 valence electrons. The fourth-order valence-corrected chi connectivity index (χ4v) is 2.95. The molecule has 0 bridgehead atoms. The van der Waals surface area contributed by atoms with Crippen molar-refractivity contribution in [2.75, 3.05) is 14.1 Å². The number of ether oxygens (including phenoxy) is 1. The Morgan fingerprint density at radius 1 is 1.16 bits per heavy atom. The Bertz CT molecular complexity index is 926. The van der Waals surface area contributed by atoms with Crippen LogP contribution in [0.2, 0.25) is 5.02 Å². The third-order valence-electron chi connectivity index (χ3n) is 3.19. The molecule has 0 saturated heterocycles. The molecule has 2 aromatic carbocycles. The zero-order valence-electron chi connectivity index (χ0n) is 13.2. The summed E-state index contributed by atoms with van der Waals surface area (Å²) in [5.41, 5.74) is -0.292. The third kappa shape index (κ3) is 4.13. The molecule has 0 amide bonds. The first-order valence-electron chi connectivity index (χ1n) is 6.81. The summed E-state index contributed by atoms with van der Waals surface area (Å²) in [4.78, 5) is 22.2. The molecule has 0 heterocycles. The normalized spacial score (nSPS) is 11.4. The van der Waals surface area contributed by atoms with Gasteiger partial charge in [0.2, 0.25) is 10.0 Å². The Hall–Kier alpha value is -2.49. The van der Waals surface area contributed by atoms with Gasteiger partial charge in [-0.05, 0) is 30.3 Å². The van der Waals surface area contributed by atoms with Crippen LogP contribution >= 0.6 is 11.6 Å². The van der Waals surface area contributed by atoms with E-state index in [0.29, 0.717) is 0 Å². The largest absolute Gasteiger partial charge is 0.423 e. The van der Waals surface area contributed by atoms with Crippen molar-refractivity contribution < 1.29 is 22.9 Å². The van der Waals surface area contributed by atoms with Gasteiger partial charge < -0.3 is 4.74 Å². The second-order valence-corrected chi connectivity index (χ2v) is 7.63. The van der Waals surface area contributed by atoms with Gasteiger partial charge in [0.25, 0.3) is 5.69 Å². The van der Waals surface area contributed by atoms with E-state index in [9.17, 15) is 23.3 Å². The van der Waals surface area contributed by atoms with E-state index in [1.807, 2.05) is 0 Å². The highest BCUT2D eigenvalue weighted by Crippen LogP contribution is 2.24.